The second-order valence-corrected chi connectivity index (χ2v) is 7.26. The lowest BCUT2D eigenvalue weighted by molar-refractivity contribution is -0.137. The highest BCUT2D eigenvalue weighted by molar-refractivity contribution is 7.89. The van der Waals surface area contributed by atoms with Crippen molar-refractivity contribution >= 4 is 37.5 Å². The van der Waals surface area contributed by atoms with Crippen LogP contribution in [0.15, 0.2) is 23.1 Å². The summed E-state index contributed by atoms with van der Waals surface area (Å²) in [6.07, 6.45) is 0.200. The van der Waals surface area contributed by atoms with Gasteiger partial charge >= 0.3 is 5.97 Å². The van der Waals surface area contributed by atoms with Crippen molar-refractivity contribution in [2.75, 3.05) is 6.54 Å². The number of fused-ring (bicyclic) bond motifs is 1. The van der Waals surface area contributed by atoms with Gasteiger partial charge in [-0.3, -0.25) is 4.79 Å². The summed E-state index contributed by atoms with van der Waals surface area (Å²) in [5.74, 6) is -0.939. The number of hydrogen-bond acceptors (Lipinski definition) is 5. The number of rotatable bonds is 6. The van der Waals surface area contributed by atoms with Crippen molar-refractivity contribution in [1.29, 1.82) is 0 Å². The molecule has 0 saturated carbocycles. The Kier molecular flexibility index (Phi) is 4.36. The number of aromatic nitrogens is 1. The van der Waals surface area contributed by atoms with E-state index in [1.165, 1.54) is 17.4 Å². The van der Waals surface area contributed by atoms with Crippen LogP contribution in [0.2, 0.25) is 0 Å². The first kappa shape index (κ1) is 14.9. The molecule has 0 unspecified atom stereocenters. The van der Waals surface area contributed by atoms with E-state index in [0.29, 0.717) is 0 Å². The second-order valence-electron chi connectivity index (χ2n) is 4.26. The molecule has 20 heavy (non-hydrogen) atoms. The van der Waals surface area contributed by atoms with E-state index in [-0.39, 0.29) is 24.3 Å². The van der Waals surface area contributed by atoms with Gasteiger partial charge in [-0.25, -0.2) is 18.1 Å². The molecule has 2 aromatic rings. The quantitative estimate of drug-likeness (QED) is 0.792. The largest absolute Gasteiger partial charge is 0.481 e. The SMILES string of the molecule is Cc1nc2ccc(S(=O)(=O)NCCCC(=O)O)cc2s1. The number of carboxylic acid groups (broad SMARTS) is 1. The third-order valence-corrected chi connectivity index (χ3v) is 5.03. The maximum Gasteiger partial charge on any atom is 0.303 e. The van der Waals surface area contributed by atoms with Gasteiger partial charge in [-0.1, -0.05) is 0 Å². The minimum Gasteiger partial charge on any atom is -0.481 e. The summed E-state index contributed by atoms with van der Waals surface area (Å²) >= 11 is 1.43. The Balaban J connectivity index is 2.12. The number of sulfonamides is 1. The fraction of sp³-hybridized carbons (Fsp3) is 0.333. The first-order valence-electron chi connectivity index (χ1n) is 5.97. The molecule has 0 spiro atoms. The van der Waals surface area contributed by atoms with Gasteiger partial charge in [0.25, 0.3) is 0 Å². The molecule has 0 fully saturated rings. The van der Waals surface area contributed by atoms with Crippen molar-refractivity contribution in [2.45, 2.75) is 24.7 Å². The Morgan fingerprint density at radius 1 is 1.45 bits per heavy atom. The van der Waals surface area contributed by atoms with Crippen LogP contribution in [0, 0.1) is 6.92 Å². The molecule has 2 rings (SSSR count). The molecule has 0 saturated heterocycles. The molecular formula is C12H14N2O4S2. The lowest BCUT2D eigenvalue weighted by atomic mass is 10.3. The predicted octanol–water partition coefficient (Wildman–Crippen LogP) is 1.75. The first-order valence-corrected chi connectivity index (χ1v) is 8.27. The molecular weight excluding hydrogens is 300 g/mol. The predicted molar refractivity (Wildman–Crippen MR) is 76.4 cm³/mol. The standard InChI is InChI=1S/C12H14N2O4S2/c1-8-14-10-5-4-9(7-11(10)19-8)20(17,18)13-6-2-3-12(15)16/h4-5,7,13H,2-3,6H2,1H3,(H,15,16). The van der Waals surface area contributed by atoms with E-state index in [0.717, 1.165) is 15.2 Å². The molecule has 2 N–H and O–H groups in total. The van der Waals surface area contributed by atoms with E-state index >= 15 is 0 Å². The van der Waals surface area contributed by atoms with Gasteiger partial charge in [0.2, 0.25) is 10.0 Å². The van der Waals surface area contributed by atoms with Gasteiger partial charge in [-0.2, -0.15) is 0 Å². The highest BCUT2D eigenvalue weighted by Gasteiger charge is 2.15. The fourth-order valence-electron chi connectivity index (χ4n) is 1.72. The van der Waals surface area contributed by atoms with Gasteiger partial charge in [-0.15, -0.1) is 11.3 Å². The number of nitrogens with zero attached hydrogens (tertiary/aromatic N) is 1. The van der Waals surface area contributed by atoms with Crippen molar-refractivity contribution in [3.63, 3.8) is 0 Å². The van der Waals surface area contributed by atoms with Crippen molar-refractivity contribution in [3.05, 3.63) is 23.2 Å². The van der Waals surface area contributed by atoms with E-state index in [2.05, 4.69) is 9.71 Å². The maximum absolute atomic E-state index is 12.1. The fourth-order valence-corrected chi connectivity index (χ4v) is 3.76. The van der Waals surface area contributed by atoms with Crippen LogP contribution in [0.5, 0.6) is 0 Å². The smallest absolute Gasteiger partial charge is 0.303 e. The topological polar surface area (TPSA) is 96.4 Å². The number of carboxylic acids is 1. The number of benzene rings is 1. The highest BCUT2D eigenvalue weighted by atomic mass is 32.2. The molecule has 0 aliphatic heterocycles. The molecule has 6 nitrogen and oxygen atoms in total. The van der Waals surface area contributed by atoms with E-state index < -0.39 is 16.0 Å². The summed E-state index contributed by atoms with van der Waals surface area (Å²) in [7, 11) is -3.60. The number of carbonyl (C=O) groups is 1. The van der Waals surface area contributed by atoms with Crippen LogP contribution in [0.25, 0.3) is 10.2 Å². The zero-order valence-electron chi connectivity index (χ0n) is 10.8. The lowest BCUT2D eigenvalue weighted by Crippen LogP contribution is -2.25. The van der Waals surface area contributed by atoms with E-state index in [1.54, 1.807) is 12.1 Å². The normalized spacial score (nSPS) is 11.8. The van der Waals surface area contributed by atoms with Crippen LogP contribution >= 0.6 is 11.3 Å². The summed E-state index contributed by atoms with van der Waals surface area (Å²) in [5, 5.41) is 9.38. The van der Waals surface area contributed by atoms with Crippen molar-refractivity contribution in [3.8, 4) is 0 Å². The van der Waals surface area contributed by atoms with Crippen LogP contribution < -0.4 is 4.72 Å². The molecule has 1 aromatic heterocycles. The number of aryl methyl sites for hydroxylation is 1. The summed E-state index contributed by atoms with van der Waals surface area (Å²) in [6, 6.07) is 4.76. The average Bonchev–Trinajstić information content (AvgIpc) is 2.73. The van der Waals surface area contributed by atoms with Crippen LogP contribution in [0.3, 0.4) is 0 Å². The Morgan fingerprint density at radius 2 is 2.20 bits per heavy atom. The molecule has 0 bridgehead atoms. The minimum atomic E-state index is -3.60. The molecule has 0 atom stereocenters. The Bertz CT molecular complexity index is 737. The van der Waals surface area contributed by atoms with Gasteiger partial charge in [0.15, 0.2) is 0 Å². The summed E-state index contributed by atoms with van der Waals surface area (Å²) in [4.78, 5) is 14.8. The van der Waals surface area contributed by atoms with Gasteiger partial charge in [0.1, 0.15) is 0 Å². The number of aliphatic carboxylic acids is 1. The van der Waals surface area contributed by atoms with E-state index in [1.807, 2.05) is 6.92 Å². The zero-order chi connectivity index (χ0) is 14.8. The molecule has 0 aliphatic carbocycles. The molecule has 0 radical (unpaired) electrons. The van der Waals surface area contributed by atoms with Gasteiger partial charge in [0, 0.05) is 13.0 Å². The van der Waals surface area contributed by atoms with Crippen LogP contribution in [-0.2, 0) is 14.8 Å². The van der Waals surface area contributed by atoms with Gasteiger partial charge < -0.3 is 5.11 Å². The van der Waals surface area contributed by atoms with Crippen LogP contribution in [-0.4, -0.2) is 31.0 Å². The Morgan fingerprint density at radius 3 is 2.90 bits per heavy atom. The molecule has 8 heteroatoms. The average molecular weight is 314 g/mol. The second kappa shape index (κ2) is 5.86. The number of hydrogen-bond donors (Lipinski definition) is 2. The number of nitrogens with one attached hydrogen (secondary N) is 1. The molecule has 108 valence electrons. The molecule has 0 aliphatic rings. The minimum absolute atomic E-state index is 0.0599. The monoisotopic (exact) mass is 314 g/mol. The van der Waals surface area contributed by atoms with Crippen LogP contribution in [0.1, 0.15) is 17.8 Å². The van der Waals surface area contributed by atoms with Crippen molar-refractivity contribution in [1.82, 2.24) is 9.71 Å². The third kappa shape index (κ3) is 3.53. The Labute approximate surface area is 120 Å². The third-order valence-electron chi connectivity index (χ3n) is 2.64. The van der Waals surface area contributed by atoms with E-state index in [4.69, 9.17) is 5.11 Å². The van der Waals surface area contributed by atoms with E-state index in [9.17, 15) is 13.2 Å². The molecule has 1 heterocycles. The summed E-state index contributed by atoms with van der Waals surface area (Å²) in [5.41, 5.74) is 0.775. The van der Waals surface area contributed by atoms with Crippen molar-refractivity contribution in [2.24, 2.45) is 0 Å². The van der Waals surface area contributed by atoms with Crippen molar-refractivity contribution < 1.29 is 18.3 Å². The van der Waals surface area contributed by atoms with Gasteiger partial charge in [0.05, 0.1) is 20.1 Å². The maximum atomic E-state index is 12.1. The summed E-state index contributed by atoms with van der Waals surface area (Å²) in [6.45, 7) is 1.97. The molecule has 0 amide bonds. The first-order chi connectivity index (χ1) is 9.38. The Hall–Kier alpha value is -1.51. The number of thiazole rings is 1. The van der Waals surface area contributed by atoms with Gasteiger partial charge in [-0.05, 0) is 31.5 Å². The summed E-state index contributed by atoms with van der Waals surface area (Å²) < 4.78 is 27.3. The molecule has 1 aromatic carbocycles. The van der Waals surface area contributed by atoms with Crippen LogP contribution in [0.4, 0.5) is 0 Å². The zero-order valence-corrected chi connectivity index (χ0v) is 12.4. The highest BCUT2D eigenvalue weighted by Crippen LogP contribution is 2.24. The lowest BCUT2D eigenvalue weighted by Gasteiger charge is -2.05.